The average molecular weight is 375 g/mol. The Hall–Kier alpha value is -1.76. The number of Topliss-reactive ketones (excluding diaryl/α,β-unsaturated/α-hetero) is 1. The standard InChI is InChI=1S/C15H16BrFO5/c1-3-21-13(18)8-11(15(20)22-4-2)14(19)10-6-5-9(16)7-12(10)17/h5-7,11H,3-4,8H2,1-2H3. The lowest BCUT2D eigenvalue weighted by molar-refractivity contribution is -0.152. The molecule has 1 aromatic carbocycles. The molecule has 0 heterocycles. The molecule has 0 radical (unpaired) electrons. The number of carbonyl (C=O) groups excluding carboxylic acids is 3. The van der Waals surface area contributed by atoms with Gasteiger partial charge in [0, 0.05) is 4.47 Å². The number of ether oxygens (including phenoxy) is 2. The fraction of sp³-hybridized carbons (Fsp3) is 0.400. The van der Waals surface area contributed by atoms with Crippen LogP contribution in [-0.2, 0) is 19.1 Å². The Labute approximate surface area is 135 Å². The van der Waals surface area contributed by atoms with Crippen molar-refractivity contribution in [2.24, 2.45) is 5.92 Å². The zero-order valence-electron chi connectivity index (χ0n) is 12.2. The first-order valence-electron chi connectivity index (χ1n) is 6.72. The highest BCUT2D eigenvalue weighted by atomic mass is 79.9. The van der Waals surface area contributed by atoms with E-state index in [1.165, 1.54) is 12.1 Å². The number of carbonyl (C=O) groups is 3. The zero-order valence-corrected chi connectivity index (χ0v) is 13.8. The molecule has 0 fully saturated rings. The Morgan fingerprint density at radius 1 is 1.18 bits per heavy atom. The maximum absolute atomic E-state index is 13.9. The highest BCUT2D eigenvalue weighted by Crippen LogP contribution is 2.21. The van der Waals surface area contributed by atoms with Crippen molar-refractivity contribution >= 4 is 33.7 Å². The normalized spacial score (nSPS) is 11.6. The van der Waals surface area contributed by atoms with Gasteiger partial charge in [0.1, 0.15) is 11.7 Å². The maximum Gasteiger partial charge on any atom is 0.317 e. The van der Waals surface area contributed by atoms with Gasteiger partial charge < -0.3 is 9.47 Å². The van der Waals surface area contributed by atoms with Crippen molar-refractivity contribution < 1.29 is 28.2 Å². The molecule has 1 unspecified atom stereocenters. The zero-order chi connectivity index (χ0) is 16.7. The molecule has 0 saturated heterocycles. The van der Waals surface area contributed by atoms with Crippen LogP contribution in [0.1, 0.15) is 30.6 Å². The number of ketones is 1. The molecule has 0 spiro atoms. The summed E-state index contributed by atoms with van der Waals surface area (Å²) in [6, 6.07) is 3.84. The van der Waals surface area contributed by atoms with E-state index in [-0.39, 0.29) is 18.8 Å². The molecule has 7 heteroatoms. The minimum absolute atomic E-state index is 0.0499. The number of halogens is 2. The van der Waals surface area contributed by atoms with Crippen molar-refractivity contribution in [1.29, 1.82) is 0 Å². The van der Waals surface area contributed by atoms with E-state index in [4.69, 9.17) is 9.47 Å². The van der Waals surface area contributed by atoms with Gasteiger partial charge in [-0.3, -0.25) is 14.4 Å². The Bertz CT molecular complexity index is 573. The van der Waals surface area contributed by atoms with Crippen LogP contribution in [0.3, 0.4) is 0 Å². The highest BCUT2D eigenvalue weighted by molar-refractivity contribution is 9.10. The van der Waals surface area contributed by atoms with Gasteiger partial charge in [-0.1, -0.05) is 15.9 Å². The summed E-state index contributed by atoms with van der Waals surface area (Å²) in [4.78, 5) is 35.8. The first-order chi connectivity index (χ1) is 10.4. The van der Waals surface area contributed by atoms with Gasteiger partial charge in [-0.25, -0.2) is 4.39 Å². The quantitative estimate of drug-likeness (QED) is 0.417. The minimum atomic E-state index is -1.42. The molecule has 1 atom stereocenters. The second kappa shape index (κ2) is 8.63. The third kappa shape index (κ3) is 4.91. The fourth-order valence-electron chi connectivity index (χ4n) is 1.79. The second-order valence-corrected chi connectivity index (χ2v) is 5.22. The first kappa shape index (κ1) is 18.3. The highest BCUT2D eigenvalue weighted by Gasteiger charge is 2.33. The molecule has 1 rings (SSSR count). The van der Waals surface area contributed by atoms with Crippen LogP contribution in [-0.4, -0.2) is 30.9 Å². The number of hydrogen-bond donors (Lipinski definition) is 0. The molecular formula is C15H16BrFO5. The third-order valence-corrected chi connectivity index (χ3v) is 3.25. The molecule has 22 heavy (non-hydrogen) atoms. The van der Waals surface area contributed by atoms with Crippen LogP contribution in [0.5, 0.6) is 0 Å². The summed E-state index contributed by atoms with van der Waals surface area (Å²) in [7, 11) is 0. The first-order valence-corrected chi connectivity index (χ1v) is 7.51. The Morgan fingerprint density at radius 2 is 1.82 bits per heavy atom. The van der Waals surface area contributed by atoms with Crippen LogP contribution in [0, 0.1) is 11.7 Å². The fourth-order valence-corrected chi connectivity index (χ4v) is 2.12. The van der Waals surface area contributed by atoms with Crippen molar-refractivity contribution in [3.05, 3.63) is 34.1 Å². The Balaban J connectivity index is 3.05. The molecule has 0 bridgehead atoms. The summed E-state index contributed by atoms with van der Waals surface area (Å²) in [6.07, 6.45) is -0.485. The molecule has 0 aliphatic rings. The van der Waals surface area contributed by atoms with Crippen molar-refractivity contribution in [3.63, 3.8) is 0 Å². The van der Waals surface area contributed by atoms with Crippen molar-refractivity contribution in [1.82, 2.24) is 0 Å². The van der Waals surface area contributed by atoms with Gasteiger partial charge in [-0.2, -0.15) is 0 Å². The van der Waals surface area contributed by atoms with Gasteiger partial charge in [-0.05, 0) is 32.0 Å². The summed E-state index contributed by atoms with van der Waals surface area (Å²) in [5.41, 5.74) is -0.273. The monoisotopic (exact) mass is 374 g/mol. The van der Waals surface area contributed by atoms with E-state index < -0.39 is 35.9 Å². The number of rotatable bonds is 7. The van der Waals surface area contributed by atoms with Gasteiger partial charge in [0.05, 0.1) is 25.2 Å². The van der Waals surface area contributed by atoms with E-state index in [1.54, 1.807) is 13.8 Å². The molecule has 0 aromatic heterocycles. The van der Waals surface area contributed by atoms with Crippen molar-refractivity contribution in [2.45, 2.75) is 20.3 Å². The lowest BCUT2D eigenvalue weighted by Gasteiger charge is -2.14. The van der Waals surface area contributed by atoms with E-state index in [2.05, 4.69) is 15.9 Å². The van der Waals surface area contributed by atoms with Gasteiger partial charge in [-0.15, -0.1) is 0 Å². The molecule has 5 nitrogen and oxygen atoms in total. The van der Waals surface area contributed by atoms with Crippen LogP contribution in [0.15, 0.2) is 22.7 Å². The van der Waals surface area contributed by atoms with E-state index >= 15 is 0 Å². The SMILES string of the molecule is CCOC(=O)CC(C(=O)OCC)C(=O)c1ccc(Br)cc1F. The van der Waals surface area contributed by atoms with Crippen molar-refractivity contribution in [3.8, 4) is 0 Å². The molecule has 0 N–H and O–H groups in total. The van der Waals surface area contributed by atoms with Crippen LogP contribution >= 0.6 is 15.9 Å². The van der Waals surface area contributed by atoms with Gasteiger partial charge >= 0.3 is 11.9 Å². The molecule has 0 amide bonds. The minimum Gasteiger partial charge on any atom is -0.466 e. The van der Waals surface area contributed by atoms with E-state index in [1.807, 2.05) is 0 Å². The van der Waals surface area contributed by atoms with E-state index in [0.717, 1.165) is 6.07 Å². The Kier molecular flexibility index (Phi) is 7.17. The topological polar surface area (TPSA) is 69.7 Å². The van der Waals surface area contributed by atoms with E-state index in [0.29, 0.717) is 4.47 Å². The van der Waals surface area contributed by atoms with Gasteiger partial charge in [0.2, 0.25) is 0 Å². The molecule has 0 saturated carbocycles. The largest absolute Gasteiger partial charge is 0.466 e. The number of esters is 2. The summed E-state index contributed by atoms with van der Waals surface area (Å²) in [5.74, 6) is -4.60. The lowest BCUT2D eigenvalue weighted by atomic mass is 9.94. The lowest BCUT2D eigenvalue weighted by Crippen LogP contribution is -2.30. The summed E-state index contributed by atoms with van der Waals surface area (Å²) in [5, 5.41) is 0. The predicted molar refractivity (Wildman–Crippen MR) is 79.8 cm³/mol. The molecular weight excluding hydrogens is 359 g/mol. The predicted octanol–water partition coefficient (Wildman–Crippen LogP) is 2.90. The van der Waals surface area contributed by atoms with Crippen LogP contribution in [0.2, 0.25) is 0 Å². The third-order valence-electron chi connectivity index (χ3n) is 2.76. The van der Waals surface area contributed by atoms with Gasteiger partial charge in [0.15, 0.2) is 5.78 Å². The molecule has 0 aliphatic heterocycles. The van der Waals surface area contributed by atoms with Crippen molar-refractivity contribution in [2.75, 3.05) is 13.2 Å². The van der Waals surface area contributed by atoms with Gasteiger partial charge in [0.25, 0.3) is 0 Å². The van der Waals surface area contributed by atoms with Crippen LogP contribution in [0.25, 0.3) is 0 Å². The summed E-state index contributed by atoms with van der Waals surface area (Å²) in [6.45, 7) is 3.35. The van der Waals surface area contributed by atoms with E-state index in [9.17, 15) is 18.8 Å². The second-order valence-electron chi connectivity index (χ2n) is 4.30. The molecule has 120 valence electrons. The molecule has 0 aliphatic carbocycles. The Morgan fingerprint density at radius 3 is 2.36 bits per heavy atom. The van der Waals surface area contributed by atoms with Crippen LogP contribution in [0.4, 0.5) is 4.39 Å². The summed E-state index contributed by atoms with van der Waals surface area (Å²) < 4.78 is 23.9. The summed E-state index contributed by atoms with van der Waals surface area (Å²) >= 11 is 3.08. The smallest absolute Gasteiger partial charge is 0.317 e. The number of benzene rings is 1. The van der Waals surface area contributed by atoms with Crippen LogP contribution < -0.4 is 0 Å². The average Bonchev–Trinajstić information content (AvgIpc) is 2.44. The number of hydrogen-bond acceptors (Lipinski definition) is 5. The molecule has 1 aromatic rings. The maximum atomic E-state index is 13.9.